The van der Waals surface area contributed by atoms with Gasteiger partial charge in [-0.1, -0.05) is 18.2 Å². The number of guanidine groups is 1. The Morgan fingerprint density at radius 1 is 1.30 bits per heavy atom. The summed E-state index contributed by atoms with van der Waals surface area (Å²) in [6.07, 6.45) is -2.94. The fraction of sp³-hybridized carbons (Fsp3) is 0.500. The highest BCUT2D eigenvalue weighted by molar-refractivity contribution is 5.79. The smallest absolute Gasteiger partial charge is 0.424 e. The lowest BCUT2D eigenvalue weighted by Crippen LogP contribution is -2.45. The van der Waals surface area contributed by atoms with Crippen LogP contribution in [0.4, 0.5) is 13.2 Å². The molecule has 0 radical (unpaired) electrons. The molecule has 2 aromatic rings. The molecule has 0 saturated carbocycles. The number of benzene rings is 1. The van der Waals surface area contributed by atoms with E-state index in [1.54, 1.807) is 11.9 Å². The number of hydrogen-bond donors (Lipinski definition) is 2. The zero-order valence-electron chi connectivity index (χ0n) is 17.4. The molecule has 0 spiro atoms. The van der Waals surface area contributed by atoms with Crippen molar-refractivity contribution >= 4 is 5.96 Å². The average molecular weight is 427 g/mol. The van der Waals surface area contributed by atoms with Crippen LogP contribution in [0, 0.1) is 0 Å². The van der Waals surface area contributed by atoms with E-state index in [2.05, 4.69) is 15.3 Å². The molecule has 7 nitrogen and oxygen atoms in total. The number of alkyl halides is 3. The maximum atomic E-state index is 13.6. The molecule has 0 aliphatic carbocycles. The summed E-state index contributed by atoms with van der Waals surface area (Å²) in [7, 11) is 3.18. The van der Waals surface area contributed by atoms with Gasteiger partial charge in [0.1, 0.15) is 18.2 Å². The van der Waals surface area contributed by atoms with Crippen LogP contribution in [0.25, 0.3) is 0 Å². The molecule has 1 aromatic heterocycles. The quantitative estimate of drug-likeness (QED) is 0.475. The van der Waals surface area contributed by atoms with E-state index in [1.807, 2.05) is 37.3 Å². The third-order valence-corrected chi connectivity index (χ3v) is 4.53. The number of aliphatic hydroxyl groups is 1. The molecule has 30 heavy (non-hydrogen) atoms. The Labute approximate surface area is 174 Å². The fourth-order valence-corrected chi connectivity index (χ4v) is 2.86. The van der Waals surface area contributed by atoms with E-state index in [9.17, 15) is 18.3 Å². The van der Waals surface area contributed by atoms with E-state index >= 15 is 0 Å². The van der Waals surface area contributed by atoms with Crippen LogP contribution in [-0.2, 0) is 12.6 Å². The van der Waals surface area contributed by atoms with Crippen molar-refractivity contribution in [3.8, 4) is 5.75 Å². The number of aryl methyl sites for hydroxylation is 1. The van der Waals surface area contributed by atoms with Crippen molar-refractivity contribution in [2.45, 2.75) is 25.1 Å². The number of nitrogens with zero attached hydrogens (tertiary/aromatic N) is 4. The zero-order valence-corrected chi connectivity index (χ0v) is 17.4. The standard InChI is InChI=1S/C20H28F3N5O2/c1-4-24-18(28(3)14-15-30-16-8-6-5-7-9-16)26-11-10-19(29,20(21,22)23)17-25-12-13-27(17)2/h5-9,12-13,29H,4,10-11,14-15H2,1-3H3,(H,24,26). The predicted molar refractivity (Wildman–Crippen MR) is 108 cm³/mol. The fourth-order valence-electron chi connectivity index (χ4n) is 2.86. The summed E-state index contributed by atoms with van der Waals surface area (Å²) in [5, 5.41) is 13.4. The Kier molecular flexibility index (Phi) is 8.10. The summed E-state index contributed by atoms with van der Waals surface area (Å²) in [4.78, 5) is 9.71. The maximum Gasteiger partial charge on any atom is 0.424 e. The number of imidazole rings is 1. The number of nitrogens with one attached hydrogen (secondary N) is 1. The molecule has 0 aliphatic heterocycles. The van der Waals surface area contributed by atoms with E-state index in [0.717, 1.165) is 10.3 Å². The van der Waals surface area contributed by atoms with Crippen molar-refractivity contribution in [1.29, 1.82) is 0 Å². The normalized spacial score (nSPS) is 14.3. The highest BCUT2D eigenvalue weighted by atomic mass is 19.4. The molecule has 1 heterocycles. The van der Waals surface area contributed by atoms with E-state index in [4.69, 9.17) is 4.74 Å². The number of likely N-dealkylation sites (N-methyl/N-ethyl adjacent to an activating group) is 1. The van der Waals surface area contributed by atoms with Gasteiger partial charge in [0.15, 0.2) is 5.96 Å². The third kappa shape index (κ3) is 5.88. The topological polar surface area (TPSA) is 74.9 Å². The summed E-state index contributed by atoms with van der Waals surface area (Å²) < 4.78 is 47.6. The van der Waals surface area contributed by atoms with Crippen LogP contribution >= 0.6 is 0 Å². The molecule has 1 atom stereocenters. The Balaban J connectivity index is 2.02. The molecule has 1 unspecified atom stereocenters. The first-order valence-corrected chi connectivity index (χ1v) is 9.63. The van der Waals surface area contributed by atoms with Crippen molar-refractivity contribution in [3.63, 3.8) is 0 Å². The van der Waals surface area contributed by atoms with Crippen LogP contribution in [0.5, 0.6) is 5.75 Å². The van der Waals surface area contributed by atoms with Gasteiger partial charge in [-0.2, -0.15) is 13.2 Å². The summed E-state index contributed by atoms with van der Waals surface area (Å²) in [5.74, 6) is 0.705. The van der Waals surface area contributed by atoms with Crippen molar-refractivity contribution in [2.24, 2.45) is 12.0 Å². The largest absolute Gasteiger partial charge is 0.492 e. The monoisotopic (exact) mass is 427 g/mol. The first-order valence-electron chi connectivity index (χ1n) is 9.63. The maximum absolute atomic E-state index is 13.6. The lowest BCUT2D eigenvalue weighted by Gasteiger charge is -2.29. The Morgan fingerprint density at radius 3 is 2.57 bits per heavy atom. The number of ether oxygens (including phenoxy) is 1. The SMILES string of the molecule is CCNC(=NCCC(O)(c1nccn1C)C(F)(F)F)N(C)CCOc1ccccc1. The summed E-state index contributed by atoms with van der Waals surface area (Å²) in [6.45, 7) is 3.03. The van der Waals surface area contributed by atoms with Gasteiger partial charge in [0.05, 0.1) is 6.54 Å². The Bertz CT molecular complexity index is 810. The van der Waals surface area contributed by atoms with Crippen molar-refractivity contribution in [2.75, 3.05) is 33.3 Å². The molecule has 0 amide bonds. The highest BCUT2D eigenvalue weighted by Crippen LogP contribution is 2.40. The summed E-state index contributed by atoms with van der Waals surface area (Å²) in [6, 6.07) is 9.31. The number of para-hydroxylation sites is 1. The third-order valence-electron chi connectivity index (χ3n) is 4.53. The van der Waals surface area contributed by atoms with Gasteiger partial charge >= 0.3 is 6.18 Å². The Morgan fingerprint density at radius 2 is 2.00 bits per heavy atom. The van der Waals surface area contributed by atoms with Crippen LogP contribution in [0.3, 0.4) is 0 Å². The number of aliphatic imine (C=N–C) groups is 1. The number of rotatable bonds is 9. The molecule has 0 saturated heterocycles. The second-order valence-corrected chi connectivity index (χ2v) is 6.79. The molecule has 1 aromatic carbocycles. The minimum absolute atomic E-state index is 0.241. The zero-order chi connectivity index (χ0) is 22.2. The van der Waals surface area contributed by atoms with Crippen LogP contribution in [0.15, 0.2) is 47.7 Å². The van der Waals surface area contributed by atoms with Crippen molar-refractivity contribution in [1.82, 2.24) is 19.8 Å². The number of hydrogen-bond acceptors (Lipinski definition) is 4. The first kappa shape index (κ1) is 23.5. The van der Waals surface area contributed by atoms with Gasteiger partial charge in [0.25, 0.3) is 0 Å². The van der Waals surface area contributed by atoms with Gasteiger partial charge < -0.3 is 24.6 Å². The average Bonchev–Trinajstić information content (AvgIpc) is 3.13. The molecule has 2 rings (SSSR count). The van der Waals surface area contributed by atoms with Gasteiger partial charge in [0.2, 0.25) is 5.60 Å². The minimum Gasteiger partial charge on any atom is -0.492 e. The van der Waals surface area contributed by atoms with Crippen LogP contribution in [0.1, 0.15) is 19.2 Å². The lowest BCUT2D eigenvalue weighted by molar-refractivity contribution is -0.272. The molecular formula is C20H28F3N5O2. The van der Waals surface area contributed by atoms with E-state index in [-0.39, 0.29) is 6.54 Å². The van der Waals surface area contributed by atoms with E-state index < -0.39 is 24.0 Å². The van der Waals surface area contributed by atoms with E-state index in [1.165, 1.54) is 19.4 Å². The van der Waals surface area contributed by atoms with Crippen LogP contribution in [0.2, 0.25) is 0 Å². The van der Waals surface area contributed by atoms with Crippen LogP contribution in [-0.4, -0.2) is 65.0 Å². The second kappa shape index (κ2) is 10.3. The van der Waals surface area contributed by atoms with E-state index in [0.29, 0.717) is 25.7 Å². The van der Waals surface area contributed by atoms with Gasteiger partial charge in [0, 0.05) is 46.0 Å². The lowest BCUT2D eigenvalue weighted by atomic mass is 9.98. The molecular weight excluding hydrogens is 399 g/mol. The predicted octanol–water partition coefficient (Wildman–Crippen LogP) is 2.54. The molecule has 0 bridgehead atoms. The summed E-state index contributed by atoms with van der Waals surface area (Å²) in [5.41, 5.74) is -3.08. The van der Waals surface area contributed by atoms with Crippen LogP contribution < -0.4 is 10.1 Å². The van der Waals surface area contributed by atoms with Crippen molar-refractivity contribution in [3.05, 3.63) is 48.5 Å². The summed E-state index contributed by atoms with van der Waals surface area (Å²) >= 11 is 0. The molecule has 10 heteroatoms. The van der Waals surface area contributed by atoms with Crippen molar-refractivity contribution < 1.29 is 23.0 Å². The molecule has 2 N–H and O–H groups in total. The van der Waals surface area contributed by atoms with Gasteiger partial charge in [-0.3, -0.25) is 4.99 Å². The van der Waals surface area contributed by atoms with Gasteiger partial charge in [-0.05, 0) is 19.1 Å². The molecule has 0 aliphatic rings. The Hall–Kier alpha value is -2.75. The minimum atomic E-state index is -4.88. The number of halogens is 3. The van der Waals surface area contributed by atoms with Gasteiger partial charge in [-0.15, -0.1) is 0 Å². The molecule has 0 fully saturated rings. The highest BCUT2D eigenvalue weighted by Gasteiger charge is 2.57. The second-order valence-electron chi connectivity index (χ2n) is 6.79. The molecule has 166 valence electrons. The number of aromatic nitrogens is 2. The first-order chi connectivity index (χ1) is 14.2. The van der Waals surface area contributed by atoms with Gasteiger partial charge in [-0.25, -0.2) is 4.98 Å².